The average Bonchev–Trinajstić information content (AvgIpc) is 3.08. The van der Waals surface area contributed by atoms with E-state index in [2.05, 4.69) is 63.5 Å². The molecule has 1 aliphatic heterocycles. The molecule has 0 atom stereocenters. The van der Waals surface area contributed by atoms with Gasteiger partial charge in [0.25, 0.3) is 0 Å². The van der Waals surface area contributed by atoms with Gasteiger partial charge in [-0.1, -0.05) is 60.7 Å². The zero-order valence-corrected chi connectivity index (χ0v) is 15.7. The van der Waals surface area contributed by atoms with Crippen LogP contribution >= 0.6 is 0 Å². The molecule has 0 spiro atoms. The van der Waals surface area contributed by atoms with Crippen LogP contribution in [0.1, 0.15) is 22.7 Å². The first-order valence-electron chi connectivity index (χ1n) is 9.80. The molecule has 3 aromatic carbocycles. The van der Waals surface area contributed by atoms with E-state index in [1.807, 2.05) is 18.2 Å². The van der Waals surface area contributed by atoms with Crippen LogP contribution in [0.25, 0.3) is 11.1 Å². The summed E-state index contributed by atoms with van der Waals surface area (Å²) in [5, 5.41) is 16.6. The van der Waals surface area contributed by atoms with Gasteiger partial charge < -0.3 is 5.11 Å². The van der Waals surface area contributed by atoms with E-state index in [0.717, 1.165) is 31.7 Å². The van der Waals surface area contributed by atoms with Gasteiger partial charge in [0, 0.05) is 31.7 Å². The normalized spacial score (nSPS) is 17.1. The first-order valence-corrected chi connectivity index (χ1v) is 9.80. The highest BCUT2D eigenvalue weighted by Gasteiger charge is 2.33. The lowest BCUT2D eigenvalue weighted by atomic mass is 10.0. The van der Waals surface area contributed by atoms with Crippen LogP contribution in [0.2, 0.25) is 0 Å². The molecule has 0 unspecified atom stereocenters. The molecule has 2 aliphatic rings. The van der Waals surface area contributed by atoms with Crippen molar-refractivity contribution in [1.82, 2.24) is 9.91 Å². The Bertz CT molecular complexity index is 976. The van der Waals surface area contributed by atoms with Crippen molar-refractivity contribution < 1.29 is 5.11 Å². The Morgan fingerprint density at radius 1 is 0.750 bits per heavy atom. The number of rotatable bonds is 3. The molecule has 1 fully saturated rings. The topological polar surface area (TPSA) is 39.1 Å². The molecule has 0 saturated carbocycles. The number of para-hydroxylation sites is 1. The summed E-state index contributed by atoms with van der Waals surface area (Å²) >= 11 is 0. The maximum Gasteiger partial charge on any atom is 0.124 e. The fourth-order valence-electron chi connectivity index (χ4n) is 4.35. The van der Waals surface area contributed by atoms with E-state index in [-0.39, 0.29) is 5.75 Å². The van der Waals surface area contributed by atoms with Gasteiger partial charge in [0.05, 0.1) is 12.3 Å². The third-order valence-corrected chi connectivity index (χ3v) is 5.75. The number of benzene rings is 3. The molecule has 0 aromatic heterocycles. The fourth-order valence-corrected chi connectivity index (χ4v) is 4.35. The van der Waals surface area contributed by atoms with Gasteiger partial charge in [0.1, 0.15) is 5.75 Å². The van der Waals surface area contributed by atoms with Crippen molar-refractivity contribution in [2.75, 3.05) is 26.2 Å². The Kier molecular flexibility index (Phi) is 4.34. The minimum atomic E-state index is 0.268. The first kappa shape index (κ1) is 17.0. The molecule has 0 radical (unpaired) electrons. The highest BCUT2D eigenvalue weighted by molar-refractivity contribution is 5.83. The average molecular weight is 369 g/mol. The van der Waals surface area contributed by atoms with Crippen LogP contribution in [-0.2, 0) is 0 Å². The summed E-state index contributed by atoms with van der Waals surface area (Å²) in [6.45, 7) is 3.69. The van der Waals surface area contributed by atoms with Crippen LogP contribution < -0.4 is 0 Å². The van der Waals surface area contributed by atoms with E-state index >= 15 is 0 Å². The first-order chi connectivity index (χ1) is 13.8. The van der Waals surface area contributed by atoms with Crippen molar-refractivity contribution >= 4 is 6.21 Å². The number of hydrogen-bond donors (Lipinski definition) is 1. The molecule has 0 bridgehead atoms. The van der Waals surface area contributed by atoms with Crippen LogP contribution in [0.5, 0.6) is 5.75 Å². The molecule has 4 nitrogen and oxygen atoms in total. The van der Waals surface area contributed by atoms with E-state index in [9.17, 15) is 5.11 Å². The molecule has 28 heavy (non-hydrogen) atoms. The maximum absolute atomic E-state index is 9.89. The van der Waals surface area contributed by atoms with Gasteiger partial charge in [-0.05, 0) is 34.4 Å². The monoisotopic (exact) mass is 369 g/mol. The molecule has 1 aliphatic carbocycles. The Morgan fingerprint density at radius 3 is 1.96 bits per heavy atom. The minimum Gasteiger partial charge on any atom is -0.507 e. The minimum absolute atomic E-state index is 0.268. The summed E-state index contributed by atoms with van der Waals surface area (Å²) in [5.41, 5.74) is 6.31. The lowest BCUT2D eigenvalue weighted by Gasteiger charge is -2.37. The van der Waals surface area contributed by atoms with Gasteiger partial charge in [0.15, 0.2) is 0 Å². The molecule has 4 heteroatoms. The predicted octanol–water partition coefficient (Wildman–Crippen LogP) is 4.11. The number of aromatic hydroxyl groups is 1. The third kappa shape index (κ3) is 2.96. The van der Waals surface area contributed by atoms with Gasteiger partial charge in [-0.15, -0.1) is 0 Å². The van der Waals surface area contributed by atoms with Crippen molar-refractivity contribution in [2.45, 2.75) is 6.04 Å². The van der Waals surface area contributed by atoms with E-state index in [1.54, 1.807) is 12.3 Å². The van der Waals surface area contributed by atoms with Crippen LogP contribution in [0.15, 0.2) is 77.9 Å². The standard InChI is InChI=1S/C24H23N3O/c28-23-12-6-1-7-18(23)17-25-27-15-13-26(14-16-27)24-21-10-4-2-8-19(21)20-9-3-5-11-22(20)24/h1-12,17,24,28H,13-16H2/b25-17-. The number of hydrazone groups is 1. The van der Waals surface area contributed by atoms with Crippen molar-refractivity contribution in [3.8, 4) is 16.9 Å². The SMILES string of the molecule is Oc1ccccc1/C=N\N1CCN(C2c3ccccc3-c3ccccc32)CC1. The molecule has 1 saturated heterocycles. The van der Waals surface area contributed by atoms with Gasteiger partial charge >= 0.3 is 0 Å². The zero-order valence-electron chi connectivity index (χ0n) is 15.7. The summed E-state index contributed by atoms with van der Waals surface area (Å²) in [7, 11) is 0. The second kappa shape index (κ2) is 7.13. The van der Waals surface area contributed by atoms with Gasteiger partial charge in [0.2, 0.25) is 0 Å². The second-order valence-corrected chi connectivity index (χ2v) is 7.37. The van der Waals surface area contributed by atoms with Crippen LogP contribution in [-0.4, -0.2) is 47.4 Å². The maximum atomic E-state index is 9.89. The summed E-state index contributed by atoms with van der Waals surface area (Å²) in [5.74, 6) is 0.268. The van der Waals surface area contributed by atoms with Crippen molar-refractivity contribution in [1.29, 1.82) is 0 Å². The second-order valence-electron chi connectivity index (χ2n) is 7.37. The molecule has 140 valence electrons. The number of hydrogen-bond acceptors (Lipinski definition) is 4. The lowest BCUT2D eigenvalue weighted by Crippen LogP contribution is -2.45. The Labute approximate surface area is 165 Å². The Morgan fingerprint density at radius 2 is 1.32 bits per heavy atom. The van der Waals surface area contributed by atoms with E-state index < -0.39 is 0 Å². The largest absolute Gasteiger partial charge is 0.507 e. The molecule has 5 rings (SSSR count). The molecular weight excluding hydrogens is 346 g/mol. The Hall–Kier alpha value is -3.11. The van der Waals surface area contributed by atoms with Gasteiger partial charge in [-0.3, -0.25) is 9.91 Å². The van der Waals surface area contributed by atoms with Gasteiger partial charge in [-0.25, -0.2) is 0 Å². The van der Waals surface area contributed by atoms with E-state index in [0.29, 0.717) is 6.04 Å². The van der Waals surface area contributed by atoms with Crippen LogP contribution in [0, 0.1) is 0 Å². The van der Waals surface area contributed by atoms with Crippen molar-refractivity contribution in [3.05, 3.63) is 89.5 Å². The lowest BCUT2D eigenvalue weighted by molar-refractivity contribution is 0.114. The number of nitrogens with zero attached hydrogens (tertiary/aromatic N) is 3. The molecular formula is C24H23N3O. The molecule has 1 heterocycles. The van der Waals surface area contributed by atoms with Crippen molar-refractivity contribution in [2.24, 2.45) is 5.10 Å². The van der Waals surface area contributed by atoms with E-state index in [4.69, 9.17) is 0 Å². The van der Waals surface area contributed by atoms with Crippen LogP contribution in [0.3, 0.4) is 0 Å². The summed E-state index contributed by atoms with van der Waals surface area (Å²) in [6.07, 6.45) is 1.76. The number of phenolic OH excluding ortho intramolecular Hbond substituents is 1. The highest BCUT2D eigenvalue weighted by Crippen LogP contribution is 2.46. The number of fused-ring (bicyclic) bond motifs is 3. The fraction of sp³-hybridized carbons (Fsp3) is 0.208. The van der Waals surface area contributed by atoms with E-state index in [1.165, 1.54) is 22.3 Å². The number of phenols is 1. The number of piperazine rings is 1. The highest BCUT2D eigenvalue weighted by atomic mass is 16.3. The predicted molar refractivity (Wildman–Crippen MR) is 113 cm³/mol. The zero-order chi connectivity index (χ0) is 18.9. The quantitative estimate of drug-likeness (QED) is 0.706. The van der Waals surface area contributed by atoms with Gasteiger partial charge in [-0.2, -0.15) is 5.10 Å². The Balaban J connectivity index is 1.33. The summed E-state index contributed by atoms with van der Waals surface area (Å²) in [4.78, 5) is 2.57. The molecule has 1 N–H and O–H groups in total. The summed E-state index contributed by atoms with van der Waals surface area (Å²) in [6, 6.07) is 25.2. The smallest absolute Gasteiger partial charge is 0.124 e. The molecule has 3 aromatic rings. The third-order valence-electron chi connectivity index (χ3n) is 5.75. The molecule has 0 amide bonds. The summed E-state index contributed by atoms with van der Waals surface area (Å²) < 4.78 is 0. The van der Waals surface area contributed by atoms with Crippen molar-refractivity contribution in [3.63, 3.8) is 0 Å². The van der Waals surface area contributed by atoms with Crippen LogP contribution in [0.4, 0.5) is 0 Å².